The van der Waals surface area contributed by atoms with Gasteiger partial charge in [0.15, 0.2) is 0 Å². The fraction of sp³-hybridized carbons (Fsp3) is 0.500. The second-order valence-electron chi connectivity index (χ2n) is 3.70. The molecule has 1 N–H and O–H groups in total. The van der Waals surface area contributed by atoms with E-state index in [9.17, 15) is 4.39 Å². The smallest absolute Gasteiger partial charge is 0.0906 e. The van der Waals surface area contributed by atoms with Crippen LogP contribution in [0.3, 0.4) is 0 Å². The number of rotatable bonds is 6. The Labute approximate surface area is 99.2 Å². The molecule has 1 aromatic rings. The van der Waals surface area contributed by atoms with Crippen molar-refractivity contribution in [3.63, 3.8) is 0 Å². The summed E-state index contributed by atoms with van der Waals surface area (Å²) in [6, 6.07) is 8.30. The van der Waals surface area contributed by atoms with E-state index in [1.807, 2.05) is 12.1 Å². The van der Waals surface area contributed by atoms with Crippen molar-refractivity contribution in [1.82, 2.24) is 5.32 Å². The van der Waals surface area contributed by atoms with Gasteiger partial charge in [-0.2, -0.15) is 0 Å². The maximum absolute atomic E-state index is 11.8. The quantitative estimate of drug-likeness (QED) is 0.783. The molecule has 0 aliphatic carbocycles. The zero-order valence-electron chi connectivity index (χ0n) is 8.97. The third kappa shape index (κ3) is 4.76. The molecule has 0 amide bonds. The largest absolute Gasteiger partial charge is 0.316 e. The molecule has 0 aliphatic rings. The Morgan fingerprint density at radius 2 is 2.27 bits per heavy atom. The molecule has 0 radical (unpaired) electrons. The molecule has 0 aromatic heterocycles. The van der Waals surface area contributed by atoms with Crippen LogP contribution in [0, 0.1) is 0 Å². The number of halogens is 2. The van der Waals surface area contributed by atoms with E-state index in [0.717, 1.165) is 17.6 Å². The van der Waals surface area contributed by atoms with Crippen molar-refractivity contribution in [3.8, 4) is 0 Å². The van der Waals surface area contributed by atoms with Crippen LogP contribution >= 0.6 is 15.9 Å². The summed E-state index contributed by atoms with van der Waals surface area (Å²) in [6.07, 6.45) is 0.602. The van der Waals surface area contributed by atoms with E-state index >= 15 is 0 Å². The third-order valence-electron chi connectivity index (χ3n) is 2.36. The highest BCUT2D eigenvalue weighted by Crippen LogP contribution is 2.18. The van der Waals surface area contributed by atoms with Gasteiger partial charge in [0.05, 0.1) is 6.67 Å². The maximum atomic E-state index is 11.8. The lowest BCUT2D eigenvalue weighted by molar-refractivity contribution is 0.456. The zero-order chi connectivity index (χ0) is 11.1. The van der Waals surface area contributed by atoms with Crippen LogP contribution in [0.25, 0.3) is 0 Å². The van der Waals surface area contributed by atoms with Crippen molar-refractivity contribution in [2.75, 3.05) is 19.8 Å². The lowest BCUT2D eigenvalue weighted by atomic mass is 10.0. The van der Waals surface area contributed by atoms with Crippen LogP contribution < -0.4 is 5.32 Å². The highest BCUT2D eigenvalue weighted by atomic mass is 79.9. The van der Waals surface area contributed by atoms with E-state index in [4.69, 9.17) is 0 Å². The minimum atomic E-state index is -0.238. The van der Waals surface area contributed by atoms with E-state index in [0.29, 0.717) is 12.3 Å². The Morgan fingerprint density at radius 3 is 2.93 bits per heavy atom. The summed E-state index contributed by atoms with van der Waals surface area (Å²) in [4.78, 5) is 0. The minimum absolute atomic E-state index is 0.238. The lowest BCUT2D eigenvalue weighted by Crippen LogP contribution is -2.21. The van der Waals surface area contributed by atoms with Gasteiger partial charge >= 0.3 is 0 Å². The first-order chi connectivity index (χ1) is 7.24. The van der Waals surface area contributed by atoms with Gasteiger partial charge < -0.3 is 5.32 Å². The van der Waals surface area contributed by atoms with Crippen molar-refractivity contribution < 1.29 is 4.39 Å². The van der Waals surface area contributed by atoms with Gasteiger partial charge in [0, 0.05) is 11.0 Å². The second kappa shape index (κ2) is 6.96. The first kappa shape index (κ1) is 12.7. The molecule has 1 aromatic carbocycles. The van der Waals surface area contributed by atoms with Gasteiger partial charge in [0.25, 0.3) is 0 Å². The Kier molecular flexibility index (Phi) is 5.88. The predicted molar refractivity (Wildman–Crippen MR) is 66.0 cm³/mol. The molecular weight excluding hydrogens is 257 g/mol. The van der Waals surface area contributed by atoms with E-state index < -0.39 is 0 Å². The summed E-state index contributed by atoms with van der Waals surface area (Å²) in [5, 5.41) is 3.25. The molecule has 1 nitrogen and oxygen atoms in total. The molecule has 0 fully saturated rings. The third-order valence-corrected chi connectivity index (χ3v) is 2.85. The monoisotopic (exact) mass is 273 g/mol. The summed E-state index contributed by atoms with van der Waals surface area (Å²) in [5.41, 5.74) is 1.30. The molecule has 3 heteroatoms. The van der Waals surface area contributed by atoms with E-state index in [-0.39, 0.29) is 6.67 Å². The van der Waals surface area contributed by atoms with Crippen molar-refractivity contribution >= 4 is 15.9 Å². The van der Waals surface area contributed by atoms with Crippen LogP contribution in [-0.4, -0.2) is 19.8 Å². The van der Waals surface area contributed by atoms with Crippen LogP contribution in [0.2, 0.25) is 0 Å². The molecule has 84 valence electrons. The first-order valence-corrected chi connectivity index (χ1v) is 6.05. The molecule has 0 saturated heterocycles. The molecule has 15 heavy (non-hydrogen) atoms. The topological polar surface area (TPSA) is 12.0 Å². The Balaban J connectivity index is 2.36. The fourth-order valence-corrected chi connectivity index (χ4v) is 1.86. The SMILES string of the molecule is CC(CNCCCF)c1cccc(Br)c1. The fourth-order valence-electron chi connectivity index (χ4n) is 1.44. The lowest BCUT2D eigenvalue weighted by Gasteiger charge is -2.12. The second-order valence-corrected chi connectivity index (χ2v) is 4.62. The molecule has 1 rings (SSSR count). The zero-order valence-corrected chi connectivity index (χ0v) is 10.6. The van der Waals surface area contributed by atoms with E-state index in [1.165, 1.54) is 5.56 Å². The maximum Gasteiger partial charge on any atom is 0.0906 e. The molecule has 0 aliphatic heterocycles. The average molecular weight is 274 g/mol. The van der Waals surface area contributed by atoms with Crippen LogP contribution in [0.1, 0.15) is 24.8 Å². The number of hydrogen-bond donors (Lipinski definition) is 1. The summed E-state index contributed by atoms with van der Waals surface area (Å²) >= 11 is 3.45. The minimum Gasteiger partial charge on any atom is -0.316 e. The number of alkyl halides is 1. The van der Waals surface area contributed by atoms with Gasteiger partial charge in [-0.25, -0.2) is 0 Å². The predicted octanol–water partition coefficient (Wildman–Crippen LogP) is 3.50. The van der Waals surface area contributed by atoms with Gasteiger partial charge in [-0.3, -0.25) is 4.39 Å². The normalized spacial score (nSPS) is 12.7. The van der Waals surface area contributed by atoms with Gasteiger partial charge in [-0.1, -0.05) is 35.0 Å². The van der Waals surface area contributed by atoms with Crippen LogP contribution in [0.4, 0.5) is 4.39 Å². The number of nitrogens with one attached hydrogen (secondary N) is 1. The van der Waals surface area contributed by atoms with Crippen molar-refractivity contribution in [2.45, 2.75) is 19.3 Å². The molecule has 0 spiro atoms. The van der Waals surface area contributed by atoms with Crippen LogP contribution in [-0.2, 0) is 0 Å². The molecule has 1 unspecified atom stereocenters. The number of hydrogen-bond acceptors (Lipinski definition) is 1. The summed E-state index contributed by atoms with van der Waals surface area (Å²) < 4.78 is 13.0. The average Bonchev–Trinajstić information content (AvgIpc) is 2.24. The molecule has 0 saturated carbocycles. The Morgan fingerprint density at radius 1 is 1.47 bits per heavy atom. The summed E-state index contributed by atoms with van der Waals surface area (Å²) in [5.74, 6) is 0.460. The van der Waals surface area contributed by atoms with Crippen molar-refractivity contribution in [1.29, 1.82) is 0 Å². The highest BCUT2D eigenvalue weighted by molar-refractivity contribution is 9.10. The van der Waals surface area contributed by atoms with Gasteiger partial charge in [-0.05, 0) is 36.6 Å². The van der Waals surface area contributed by atoms with Crippen molar-refractivity contribution in [2.24, 2.45) is 0 Å². The van der Waals surface area contributed by atoms with Gasteiger partial charge in [0.1, 0.15) is 0 Å². The Bertz CT molecular complexity index is 291. The summed E-state index contributed by atoms with van der Waals surface area (Å²) in [7, 11) is 0. The highest BCUT2D eigenvalue weighted by Gasteiger charge is 2.04. The van der Waals surface area contributed by atoms with E-state index in [2.05, 4.69) is 40.3 Å². The summed E-state index contributed by atoms with van der Waals surface area (Å²) in [6.45, 7) is 3.59. The van der Waals surface area contributed by atoms with Crippen LogP contribution in [0.15, 0.2) is 28.7 Å². The van der Waals surface area contributed by atoms with Crippen molar-refractivity contribution in [3.05, 3.63) is 34.3 Å². The Hall–Kier alpha value is -0.410. The standard InChI is InChI=1S/C12H17BrFN/c1-10(9-15-7-3-6-14)11-4-2-5-12(13)8-11/h2,4-5,8,10,15H,3,6-7,9H2,1H3. The number of benzene rings is 1. The van der Waals surface area contributed by atoms with E-state index in [1.54, 1.807) is 0 Å². The van der Waals surface area contributed by atoms with Gasteiger partial charge in [0.2, 0.25) is 0 Å². The molecule has 0 heterocycles. The van der Waals surface area contributed by atoms with Crippen LogP contribution in [0.5, 0.6) is 0 Å². The first-order valence-electron chi connectivity index (χ1n) is 5.26. The van der Waals surface area contributed by atoms with Gasteiger partial charge in [-0.15, -0.1) is 0 Å². The molecular formula is C12H17BrFN. The molecule has 1 atom stereocenters. The molecule has 0 bridgehead atoms.